The van der Waals surface area contributed by atoms with Crippen LogP contribution in [0.4, 0.5) is 0 Å². The van der Waals surface area contributed by atoms with Gasteiger partial charge in [-0.2, -0.15) is 0 Å². The Balaban J connectivity index is 1.35. The van der Waals surface area contributed by atoms with Crippen molar-refractivity contribution in [1.82, 2.24) is 0 Å². The summed E-state index contributed by atoms with van der Waals surface area (Å²) in [5.41, 5.74) is 10.1. The molecule has 9 rings (SSSR count). The highest BCUT2D eigenvalue weighted by atomic mass is 14.5. The van der Waals surface area contributed by atoms with Crippen molar-refractivity contribution in [3.63, 3.8) is 0 Å². The second-order valence-corrected chi connectivity index (χ2v) is 11.6. The van der Waals surface area contributed by atoms with E-state index in [-0.39, 0.29) is 0 Å². The number of hydrogen-bond donors (Lipinski definition) is 0. The molecule has 8 aromatic carbocycles. The van der Waals surface area contributed by atoms with E-state index in [1.165, 1.54) is 76.8 Å². The van der Waals surface area contributed by atoms with E-state index in [4.69, 9.17) is 0 Å². The molecule has 0 saturated heterocycles. The lowest BCUT2D eigenvalue weighted by molar-refractivity contribution is 0.775. The molecule has 0 nitrogen and oxygen atoms in total. The normalized spacial score (nSPS) is 13.3. The van der Waals surface area contributed by atoms with E-state index in [1.54, 1.807) is 0 Å². The van der Waals surface area contributed by atoms with Crippen molar-refractivity contribution in [3.05, 3.63) is 192 Å². The van der Waals surface area contributed by atoms with Gasteiger partial charge in [0, 0.05) is 0 Å². The zero-order valence-corrected chi connectivity index (χ0v) is 23.7. The van der Waals surface area contributed by atoms with E-state index in [2.05, 4.69) is 170 Å². The van der Waals surface area contributed by atoms with Gasteiger partial charge in [0.25, 0.3) is 0 Å². The topological polar surface area (TPSA) is 0 Å². The SMILES string of the molecule is c1ccc(C2(c3ccccc3)c3ccccc3-c3ccc4c(ccc5cc(-c6cccc7ccccc67)ccc54)c32)cc1. The first-order valence-electron chi connectivity index (χ1n) is 15.0. The van der Waals surface area contributed by atoms with Crippen LogP contribution in [0.3, 0.4) is 0 Å². The highest BCUT2D eigenvalue weighted by Gasteiger charge is 2.46. The van der Waals surface area contributed by atoms with E-state index in [9.17, 15) is 0 Å². The zero-order valence-electron chi connectivity index (χ0n) is 23.7. The van der Waals surface area contributed by atoms with Gasteiger partial charge in [-0.05, 0) is 82.9 Å². The number of hydrogen-bond acceptors (Lipinski definition) is 0. The number of fused-ring (bicyclic) bond motifs is 8. The molecule has 0 aliphatic heterocycles. The first-order chi connectivity index (χ1) is 21.3. The Morgan fingerprint density at radius 3 is 1.77 bits per heavy atom. The Bertz CT molecular complexity index is 2280. The second kappa shape index (κ2) is 9.28. The second-order valence-electron chi connectivity index (χ2n) is 11.6. The Morgan fingerprint density at radius 1 is 0.326 bits per heavy atom. The largest absolute Gasteiger partial charge is 0.0719 e. The lowest BCUT2D eigenvalue weighted by Gasteiger charge is -2.34. The lowest BCUT2D eigenvalue weighted by atomic mass is 9.66. The third kappa shape index (κ3) is 3.38. The average molecular weight is 545 g/mol. The van der Waals surface area contributed by atoms with Gasteiger partial charge < -0.3 is 0 Å². The van der Waals surface area contributed by atoms with Crippen LogP contribution in [0.5, 0.6) is 0 Å². The summed E-state index contributed by atoms with van der Waals surface area (Å²) in [4.78, 5) is 0. The zero-order chi connectivity index (χ0) is 28.4. The smallest absolute Gasteiger partial charge is 0.0622 e. The molecule has 0 bridgehead atoms. The Hall–Kier alpha value is -5.46. The first kappa shape index (κ1) is 24.2. The predicted octanol–water partition coefficient (Wildman–Crippen LogP) is 11.2. The molecule has 0 fully saturated rings. The van der Waals surface area contributed by atoms with E-state index < -0.39 is 5.41 Å². The van der Waals surface area contributed by atoms with Crippen LogP contribution in [0.25, 0.3) is 54.6 Å². The standard InChI is InChI=1S/C43H28/c1-3-14-32(15-4-1)43(33-16-5-2-6-17-33)41-21-10-9-19-38(41)40-27-26-37-36-24-22-30(28-31(36)23-25-39(37)42(40)43)35-20-11-13-29-12-7-8-18-34(29)35/h1-28H. The summed E-state index contributed by atoms with van der Waals surface area (Å²) in [6.07, 6.45) is 0. The third-order valence-corrected chi connectivity index (χ3v) is 9.53. The van der Waals surface area contributed by atoms with Crippen LogP contribution in [-0.4, -0.2) is 0 Å². The summed E-state index contributed by atoms with van der Waals surface area (Å²) < 4.78 is 0. The number of benzene rings is 8. The van der Waals surface area contributed by atoms with Crippen molar-refractivity contribution in [2.75, 3.05) is 0 Å². The Kier molecular flexibility index (Phi) is 5.21. The first-order valence-corrected chi connectivity index (χ1v) is 15.0. The summed E-state index contributed by atoms with van der Waals surface area (Å²) in [6.45, 7) is 0. The summed E-state index contributed by atoms with van der Waals surface area (Å²) in [5.74, 6) is 0. The molecule has 0 N–H and O–H groups in total. The van der Waals surface area contributed by atoms with Gasteiger partial charge in [0.05, 0.1) is 5.41 Å². The Morgan fingerprint density at radius 2 is 0.953 bits per heavy atom. The molecule has 1 aliphatic rings. The summed E-state index contributed by atoms with van der Waals surface area (Å²) in [5, 5.41) is 7.72. The maximum absolute atomic E-state index is 2.37. The summed E-state index contributed by atoms with van der Waals surface area (Å²) >= 11 is 0. The maximum Gasteiger partial charge on any atom is 0.0719 e. The molecule has 0 spiro atoms. The van der Waals surface area contributed by atoms with E-state index in [1.807, 2.05) is 0 Å². The van der Waals surface area contributed by atoms with Crippen molar-refractivity contribution in [1.29, 1.82) is 0 Å². The highest BCUT2D eigenvalue weighted by molar-refractivity contribution is 6.13. The van der Waals surface area contributed by atoms with E-state index >= 15 is 0 Å². The molecule has 0 aromatic heterocycles. The predicted molar refractivity (Wildman–Crippen MR) is 182 cm³/mol. The van der Waals surface area contributed by atoms with Gasteiger partial charge in [0.2, 0.25) is 0 Å². The molecule has 1 aliphatic carbocycles. The average Bonchev–Trinajstić information content (AvgIpc) is 3.40. The van der Waals surface area contributed by atoms with Crippen molar-refractivity contribution in [2.24, 2.45) is 0 Å². The minimum atomic E-state index is -0.412. The quantitative estimate of drug-likeness (QED) is 0.194. The summed E-state index contributed by atoms with van der Waals surface area (Å²) in [6, 6.07) is 62.8. The molecule has 0 heteroatoms. The molecule has 0 amide bonds. The third-order valence-electron chi connectivity index (χ3n) is 9.53. The molecule has 0 saturated carbocycles. The molecular formula is C43H28. The molecular weight excluding hydrogens is 516 g/mol. The fraction of sp³-hybridized carbons (Fsp3) is 0.0233. The molecule has 0 atom stereocenters. The molecule has 43 heavy (non-hydrogen) atoms. The maximum atomic E-state index is 2.37. The lowest BCUT2D eigenvalue weighted by Crippen LogP contribution is -2.28. The molecule has 0 unspecified atom stereocenters. The van der Waals surface area contributed by atoms with Gasteiger partial charge >= 0.3 is 0 Å². The van der Waals surface area contributed by atoms with Crippen LogP contribution in [0.15, 0.2) is 170 Å². The van der Waals surface area contributed by atoms with Gasteiger partial charge in [-0.15, -0.1) is 0 Å². The minimum absolute atomic E-state index is 0.412. The highest BCUT2D eigenvalue weighted by Crippen LogP contribution is 2.58. The van der Waals surface area contributed by atoms with Gasteiger partial charge in [-0.1, -0.05) is 164 Å². The van der Waals surface area contributed by atoms with Gasteiger partial charge in [-0.3, -0.25) is 0 Å². The van der Waals surface area contributed by atoms with Gasteiger partial charge in [0.15, 0.2) is 0 Å². The van der Waals surface area contributed by atoms with Crippen LogP contribution in [0.2, 0.25) is 0 Å². The van der Waals surface area contributed by atoms with Crippen LogP contribution in [0, 0.1) is 0 Å². The fourth-order valence-corrected chi connectivity index (χ4v) is 7.74. The van der Waals surface area contributed by atoms with E-state index in [0.29, 0.717) is 0 Å². The van der Waals surface area contributed by atoms with Crippen LogP contribution in [0.1, 0.15) is 22.3 Å². The van der Waals surface area contributed by atoms with Crippen molar-refractivity contribution in [3.8, 4) is 22.3 Å². The minimum Gasteiger partial charge on any atom is -0.0622 e. The monoisotopic (exact) mass is 544 g/mol. The van der Waals surface area contributed by atoms with Crippen molar-refractivity contribution < 1.29 is 0 Å². The van der Waals surface area contributed by atoms with Crippen molar-refractivity contribution >= 4 is 32.3 Å². The van der Waals surface area contributed by atoms with Crippen LogP contribution in [-0.2, 0) is 5.41 Å². The Labute approximate surface area is 251 Å². The molecule has 0 radical (unpaired) electrons. The van der Waals surface area contributed by atoms with Crippen LogP contribution >= 0.6 is 0 Å². The van der Waals surface area contributed by atoms with Gasteiger partial charge in [-0.25, -0.2) is 0 Å². The number of rotatable bonds is 3. The van der Waals surface area contributed by atoms with Crippen molar-refractivity contribution in [2.45, 2.75) is 5.41 Å². The fourth-order valence-electron chi connectivity index (χ4n) is 7.74. The molecule has 0 heterocycles. The molecule has 8 aromatic rings. The van der Waals surface area contributed by atoms with Gasteiger partial charge in [0.1, 0.15) is 0 Å². The van der Waals surface area contributed by atoms with E-state index in [0.717, 1.165) is 0 Å². The van der Waals surface area contributed by atoms with Crippen LogP contribution < -0.4 is 0 Å². The summed E-state index contributed by atoms with van der Waals surface area (Å²) in [7, 11) is 0. The molecule has 200 valence electrons.